The Morgan fingerprint density at radius 1 is 0.612 bits per heavy atom. The highest BCUT2D eigenvalue weighted by atomic mass is 16.3. The van der Waals surface area contributed by atoms with Crippen LogP contribution < -0.4 is 26.4 Å². The highest BCUT2D eigenvalue weighted by Crippen LogP contribution is 2.47. The Morgan fingerprint density at radius 2 is 1.14 bits per heavy atom. The fourth-order valence-electron chi connectivity index (χ4n) is 6.40. The van der Waals surface area contributed by atoms with Crippen LogP contribution in [0.15, 0.2) is 107 Å². The summed E-state index contributed by atoms with van der Waals surface area (Å²) >= 11 is 0. The molecule has 0 N–H and O–H groups in total. The van der Waals surface area contributed by atoms with Gasteiger partial charge in [0.2, 0.25) is 0 Å². The molecule has 0 saturated heterocycles. The first-order valence-corrected chi connectivity index (χ1v) is 16.3. The first kappa shape index (κ1) is 17.3. The minimum Gasteiger partial charge on any atom is -0.468 e. The van der Waals surface area contributed by atoms with E-state index in [0.717, 1.165) is 0 Å². The maximum absolute atomic E-state index is 9.99. The molecule has 0 bridgehead atoms. The van der Waals surface area contributed by atoms with Gasteiger partial charge in [-0.15, -0.1) is 0 Å². The smallest absolute Gasteiger partial charge is 0.297 e. The number of hydrogen-bond donors (Lipinski definition) is 0. The van der Waals surface area contributed by atoms with Crippen molar-refractivity contribution in [2.24, 2.45) is 0 Å². The third kappa shape index (κ3) is 5.02. The van der Waals surface area contributed by atoms with Crippen LogP contribution in [0, 0.1) is 6.85 Å². The number of aryl methyl sites for hydroxylation is 1. The van der Waals surface area contributed by atoms with E-state index in [2.05, 4.69) is 0 Å². The Morgan fingerprint density at radius 3 is 1.71 bits per heavy atom. The molecule has 0 unspecified atom stereocenters. The van der Waals surface area contributed by atoms with Crippen LogP contribution in [0.4, 0.5) is 34.1 Å². The highest BCUT2D eigenvalue weighted by molar-refractivity contribution is 7.00. The van der Waals surface area contributed by atoms with E-state index in [1.807, 2.05) is 0 Å². The van der Waals surface area contributed by atoms with Crippen molar-refractivity contribution >= 4 is 68.4 Å². The fraction of sp³-hybridized carbons (Fsp3) is 0.289. The Labute approximate surface area is 318 Å². The van der Waals surface area contributed by atoms with Gasteiger partial charge in [-0.25, -0.2) is 0 Å². The second-order valence-electron chi connectivity index (χ2n) is 15.8. The van der Waals surface area contributed by atoms with E-state index < -0.39 is 131 Å². The van der Waals surface area contributed by atoms with Crippen molar-refractivity contribution in [1.82, 2.24) is 0 Å². The summed E-state index contributed by atoms with van der Waals surface area (Å²) in [5.74, 6) is 0. The molecule has 3 heterocycles. The Bertz CT molecular complexity index is 3150. The molecule has 2 aliphatic rings. The molecule has 8 rings (SSSR count). The third-order valence-electron chi connectivity index (χ3n) is 8.98. The molecule has 0 spiro atoms. The van der Waals surface area contributed by atoms with Crippen LogP contribution in [0.1, 0.15) is 109 Å². The Hall–Kier alpha value is -4.70. The molecule has 246 valence electrons. The highest BCUT2D eigenvalue weighted by Gasteiger charge is 2.47. The molecule has 0 aliphatic carbocycles. The molecule has 4 heteroatoms. The second-order valence-corrected chi connectivity index (χ2v) is 15.8. The molecule has 1 aromatic heterocycles. The van der Waals surface area contributed by atoms with E-state index in [0.29, 0.717) is 0 Å². The van der Waals surface area contributed by atoms with Crippen LogP contribution in [-0.2, 0) is 16.2 Å². The molecule has 3 nitrogen and oxygen atoms in total. The minimum atomic E-state index is -2.97. The molecule has 2 aliphatic heterocycles. The van der Waals surface area contributed by atoms with Crippen molar-refractivity contribution in [3.63, 3.8) is 0 Å². The van der Waals surface area contributed by atoms with Crippen LogP contribution >= 0.6 is 0 Å². The van der Waals surface area contributed by atoms with E-state index in [4.69, 9.17) is 12.6 Å². The summed E-state index contributed by atoms with van der Waals surface area (Å²) in [6.45, 7) is 11.1. The van der Waals surface area contributed by atoms with Crippen molar-refractivity contribution in [3.05, 3.63) is 125 Å². The number of para-hydroxylation sites is 1. The zero-order chi connectivity index (χ0) is 50.2. The molecule has 5 aromatic carbocycles. The van der Waals surface area contributed by atoms with Crippen molar-refractivity contribution in [2.45, 2.75) is 85.4 Å². The van der Waals surface area contributed by atoms with Gasteiger partial charge in [0.05, 0.1) is 31.9 Å². The Balaban J connectivity index is 1.71. The van der Waals surface area contributed by atoms with Gasteiger partial charge in [-0.1, -0.05) is 111 Å². The summed E-state index contributed by atoms with van der Waals surface area (Å²) in [6, 6.07) is -5.46. The van der Waals surface area contributed by atoms with Crippen LogP contribution in [0.5, 0.6) is 0 Å². The molecule has 0 radical (unpaired) electrons. The predicted molar refractivity (Wildman–Crippen MR) is 211 cm³/mol. The number of benzene rings is 5. The molecular formula is C45H47BN2O. The molecule has 0 fully saturated rings. The van der Waals surface area contributed by atoms with Gasteiger partial charge in [0, 0.05) is 37.9 Å². The topological polar surface area (TPSA) is 19.6 Å². The lowest BCUT2D eigenvalue weighted by molar-refractivity contribution is 0.590. The average Bonchev–Trinajstić information content (AvgIpc) is 3.60. The average molecular weight is 661 g/mol. The van der Waals surface area contributed by atoms with Crippen molar-refractivity contribution in [2.75, 3.05) is 9.80 Å². The molecule has 0 amide bonds. The molecule has 0 atom stereocenters. The minimum absolute atomic E-state index is 0.00615. The Kier molecular flexibility index (Phi) is 3.76. The van der Waals surface area contributed by atoms with E-state index in [1.54, 1.807) is 62.3 Å². The van der Waals surface area contributed by atoms with Crippen molar-refractivity contribution in [1.29, 1.82) is 0 Å². The number of fused-ring (bicyclic) bond motifs is 6. The molecule has 49 heavy (non-hydrogen) atoms. The number of furan rings is 1. The van der Waals surface area contributed by atoms with Gasteiger partial charge in [-0.05, 0) is 111 Å². The third-order valence-corrected chi connectivity index (χ3v) is 8.98. The molecule has 6 aromatic rings. The van der Waals surface area contributed by atoms with E-state index in [9.17, 15) is 16.4 Å². The van der Waals surface area contributed by atoms with Crippen molar-refractivity contribution < 1.29 is 29.1 Å². The van der Waals surface area contributed by atoms with E-state index >= 15 is 0 Å². The lowest BCUT2D eigenvalue weighted by Crippen LogP contribution is -2.61. The van der Waals surface area contributed by atoms with Gasteiger partial charge < -0.3 is 14.2 Å². The van der Waals surface area contributed by atoms with Gasteiger partial charge in [0.15, 0.2) is 0 Å². The maximum atomic E-state index is 9.99. The molecular weight excluding hydrogens is 595 g/mol. The van der Waals surface area contributed by atoms with E-state index in [1.165, 1.54) is 21.9 Å². The molecule has 0 saturated carbocycles. The normalized spacial score (nSPS) is 19.7. The van der Waals surface area contributed by atoms with Gasteiger partial charge in [0.25, 0.3) is 6.71 Å². The number of anilines is 6. The second kappa shape index (κ2) is 10.7. The van der Waals surface area contributed by atoms with Crippen molar-refractivity contribution in [3.8, 4) is 0 Å². The summed E-state index contributed by atoms with van der Waals surface area (Å²) in [5.41, 5.74) is -5.42. The van der Waals surface area contributed by atoms with Gasteiger partial charge in [-0.2, -0.15) is 0 Å². The zero-order valence-corrected chi connectivity index (χ0v) is 29.0. The largest absolute Gasteiger partial charge is 0.468 e. The van der Waals surface area contributed by atoms with Gasteiger partial charge in [0.1, 0.15) is 5.58 Å². The van der Waals surface area contributed by atoms with Crippen LogP contribution in [0.2, 0.25) is 0 Å². The summed E-state index contributed by atoms with van der Waals surface area (Å²) in [4.78, 5) is 2.39. The first-order valence-electron chi connectivity index (χ1n) is 25.3. The SMILES string of the molecule is [2H]c1c([2H])c(C(C)(C)C)c([2H])c2c1B1c3oc4c([2H])c([2H])c([2H])c([2H])c4c3N(c3c([2H])c([2H])c(C(C)(C)C)c([2H])c3[2H])c3cc(C([2H])([2H])[2H])cc(c31)N2c1c([2H])c([2H])c(C(C)(C)C)c([2H])c1[2H]. The summed E-state index contributed by atoms with van der Waals surface area (Å²) < 4.78 is 174. The summed E-state index contributed by atoms with van der Waals surface area (Å²) in [7, 11) is 0. The summed E-state index contributed by atoms with van der Waals surface area (Å²) in [5, 5.41) is -0.277. The number of rotatable bonds is 2. The van der Waals surface area contributed by atoms with Gasteiger partial charge in [-0.3, -0.25) is 0 Å². The number of nitrogens with zero attached hydrogens (tertiary/aromatic N) is 2. The lowest BCUT2D eigenvalue weighted by Gasteiger charge is -2.43. The predicted octanol–water partition coefficient (Wildman–Crippen LogP) is 10.7. The monoisotopic (exact) mass is 660 g/mol. The summed E-state index contributed by atoms with van der Waals surface area (Å²) in [6.07, 6.45) is 0. The maximum Gasteiger partial charge on any atom is 0.297 e. The lowest BCUT2D eigenvalue weighted by atomic mass is 9.35. The van der Waals surface area contributed by atoms with Gasteiger partial charge >= 0.3 is 0 Å². The zero-order valence-electron chi connectivity index (χ0n) is 47.0. The quantitative estimate of drug-likeness (QED) is 0.172. The first-order chi connectivity index (χ1) is 30.6. The fourth-order valence-corrected chi connectivity index (χ4v) is 6.40. The van der Waals surface area contributed by atoms with Crippen LogP contribution in [-0.4, -0.2) is 6.71 Å². The van der Waals surface area contributed by atoms with Crippen LogP contribution in [0.25, 0.3) is 11.0 Å². The number of hydrogen-bond acceptors (Lipinski definition) is 3. The standard InChI is InChI=1S/C45H47BN2O/c1-28-25-37-40-38(26-28)48(33-22-17-30(18-23-33)44(5,6)7)41-34-13-11-12-14-39(34)49-42(41)46(40)35-24-19-31(45(8,9)10)27-36(35)47(37)32-20-15-29(16-21-32)43(2,3)4/h11-27H,1-10H3/i1D3,11D,12D,13D,14D,15D,16D,17D,18D,19D,20D,21D,22D,23D,24D,27D. The van der Waals surface area contributed by atoms with E-state index in [-0.39, 0.29) is 73.5 Å². The van der Waals surface area contributed by atoms with Crippen LogP contribution in [0.3, 0.4) is 0 Å².